The maximum absolute atomic E-state index is 11.1. The topological polar surface area (TPSA) is 131 Å². The highest BCUT2D eigenvalue weighted by atomic mass is 16.6. The Hall–Kier alpha value is -2.81. The van der Waals surface area contributed by atoms with Crippen molar-refractivity contribution in [1.29, 1.82) is 0 Å². The summed E-state index contributed by atoms with van der Waals surface area (Å²) < 4.78 is 1.24. The number of nitrogens with zero attached hydrogens (tertiary/aromatic N) is 4. The third-order valence-corrected chi connectivity index (χ3v) is 2.60. The summed E-state index contributed by atoms with van der Waals surface area (Å²) in [5.41, 5.74) is 0.243. The summed E-state index contributed by atoms with van der Waals surface area (Å²) in [6.07, 6.45) is 0. The lowest BCUT2D eigenvalue weighted by Gasteiger charge is -2.05. The van der Waals surface area contributed by atoms with E-state index in [2.05, 4.69) is 10.3 Å². The molecule has 1 aromatic heterocycles. The summed E-state index contributed by atoms with van der Waals surface area (Å²) in [7, 11) is 0. The van der Waals surface area contributed by atoms with Gasteiger partial charge in [-0.25, -0.2) is 9.48 Å². The van der Waals surface area contributed by atoms with Gasteiger partial charge in [0.05, 0.1) is 18.1 Å². The molecule has 9 nitrogen and oxygen atoms in total. The van der Waals surface area contributed by atoms with Gasteiger partial charge >= 0.3 is 5.97 Å². The number of hydrogen-bond acceptors (Lipinski definition) is 6. The Kier molecular flexibility index (Phi) is 3.71. The van der Waals surface area contributed by atoms with Gasteiger partial charge in [0.15, 0.2) is 5.69 Å². The van der Waals surface area contributed by atoms with Gasteiger partial charge < -0.3 is 10.2 Å². The molecule has 0 radical (unpaired) electrons. The number of aromatic carboxylic acids is 1. The Morgan fingerprint density at radius 1 is 1.35 bits per heavy atom. The van der Waals surface area contributed by atoms with Crippen molar-refractivity contribution in [2.45, 2.75) is 6.54 Å². The highest BCUT2D eigenvalue weighted by Crippen LogP contribution is 2.24. The molecule has 2 rings (SSSR count). The van der Waals surface area contributed by atoms with Crippen LogP contribution in [0.15, 0.2) is 24.3 Å². The quantitative estimate of drug-likeness (QED) is 0.602. The zero-order valence-corrected chi connectivity index (χ0v) is 10.1. The van der Waals surface area contributed by atoms with Crippen LogP contribution >= 0.6 is 0 Å². The molecule has 0 spiro atoms. The van der Waals surface area contributed by atoms with Gasteiger partial charge in [-0.2, -0.15) is 0 Å². The Labute approximate surface area is 112 Å². The molecule has 0 fully saturated rings. The van der Waals surface area contributed by atoms with E-state index in [9.17, 15) is 14.9 Å². The van der Waals surface area contributed by atoms with Crippen LogP contribution in [0.3, 0.4) is 0 Å². The number of carbonyl (C=O) groups is 1. The van der Waals surface area contributed by atoms with Crippen molar-refractivity contribution in [2.75, 3.05) is 6.61 Å². The molecule has 0 saturated heterocycles. The number of nitro groups is 1. The molecule has 0 aliphatic rings. The second-order valence-electron chi connectivity index (χ2n) is 3.84. The van der Waals surface area contributed by atoms with Crippen molar-refractivity contribution < 1.29 is 19.9 Å². The molecule has 0 aliphatic carbocycles. The number of nitro benzene ring substituents is 1. The van der Waals surface area contributed by atoms with Crippen LogP contribution in [-0.2, 0) is 6.54 Å². The summed E-state index contributed by atoms with van der Waals surface area (Å²) in [6.45, 7) is -0.158. The molecule has 9 heteroatoms. The van der Waals surface area contributed by atoms with E-state index in [-0.39, 0.29) is 30.2 Å². The lowest BCUT2D eigenvalue weighted by atomic mass is 10.1. The highest BCUT2D eigenvalue weighted by molar-refractivity contribution is 5.92. The molecule has 0 atom stereocenters. The zero-order chi connectivity index (χ0) is 14.7. The van der Waals surface area contributed by atoms with Crippen LogP contribution < -0.4 is 0 Å². The lowest BCUT2D eigenvalue weighted by molar-refractivity contribution is -0.384. The molecule has 1 heterocycles. The highest BCUT2D eigenvalue weighted by Gasteiger charge is 2.20. The smallest absolute Gasteiger partial charge is 0.358 e. The molecule has 0 bridgehead atoms. The summed E-state index contributed by atoms with van der Waals surface area (Å²) in [4.78, 5) is 21.1. The van der Waals surface area contributed by atoms with E-state index in [0.717, 1.165) is 0 Å². The first-order valence-electron chi connectivity index (χ1n) is 5.57. The van der Waals surface area contributed by atoms with E-state index in [0.29, 0.717) is 5.56 Å². The number of carboxylic acids is 1. The van der Waals surface area contributed by atoms with Crippen LogP contribution in [0.25, 0.3) is 11.3 Å². The largest absolute Gasteiger partial charge is 0.476 e. The molecule has 2 aromatic rings. The van der Waals surface area contributed by atoms with E-state index in [1.54, 1.807) is 0 Å². The van der Waals surface area contributed by atoms with Gasteiger partial charge in [-0.05, 0) is 12.1 Å². The van der Waals surface area contributed by atoms with Gasteiger partial charge in [-0.1, -0.05) is 5.21 Å². The number of aliphatic hydroxyl groups excluding tert-OH is 1. The molecular formula is C11H10N4O5. The summed E-state index contributed by atoms with van der Waals surface area (Å²) >= 11 is 0. The van der Waals surface area contributed by atoms with Crippen LogP contribution in [0.4, 0.5) is 5.69 Å². The van der Waals surface area contributed by atoms with Crippen LogP contribution in [-0.4, -0.2) is 42.7 Å². The van der Waals surface area contributed by atoms with E-state index in [1.807, 2.05) is 0 Å². The second kappa shape index (κ2) is 5.45. The first kappa shape index (κ1) is 13.6. The lowest BCUT2D eigenvalue weighted by Crippen LogP contribution is -2.07. The van der Waals surface area contributed by atoms with Gasteiger partial charge in [0.2, 0.25) is 0 Å². The summed E-state index contributed by atoms with van der Waals surface area (Å²) in [5, 5.41) is 35.8. The van der Waals surface area contributed by atoms with Crippen molar-refractivity contribution in [3.05, 3.63) is 40.1 Å². The van der Waals surface area contributed by atoms with Crippen LogP contribution in [0.2, 0.25) is 0 Å². The SMILES string of the molecule is O=C(O)c1nnn(CCO)c1-c1ccc([N+](=O)[O-])cc1. The van der Waals surface area contributed by atoms with Crippen molar-refractivity contribution in [1.82, 2.24) is 15.0 Å². The molecule has 20 heavy (non-hydrogen) atoms. The fourth-order valence-corrected chi connectivity index (χ4v) is 1.74. The Balaban J connectivity index is 2.51. The molecule has 0 unspecified atom stereocenters. The molecule has 0 amide bonds. The number of aromatic nitrogens is 3. The zero-order valence-electron chi connectivity index (χ0n) is 10.1. The maximum Gasteiger partial charge on any atom is 0.358 e. The van der Waals surface area contributed by atoms with Gasteiger partial charge in [0.1, 0.15) is 5.69 Å². The van der Waals surface area contributed by atoms with E-state index < -0.39 is 10.9 Å². The monoisotopic (exact) mass is 278 g/mol. The third-order valence-electron chi connectivity index (χ3n) is 2.60. The second-order valence-corrected chi connectivity index (χ2v) is 3.84. The van der Waals surface area contributed by atoms with Crippen molar-refractivity contribution in [2.24, 2.45) is 0 Å². The predicted octanol–water partition coefficient (Wildman–Crippen LogP) is 0.544. The number of rotatable bonds is 5. The number of carboxylic acid groups (broad SMARTS) is 1. The van der Waals surface area contributed by atoms with Crippen LogP contribution in [0, 0.1) is 10.1 Å². The summed E-state index contributed by atoms with van der Waals surface area (Å²) in [6, 6.07) is 5.35. The third kappa shape index (κ3) is 2.47. The average Bonchev–Trinajstić information content (AvgIpc) is 2.83. The Morgan fingerprint density at radius 2 is 2.00 bits per heavy atom. The van der Waals surface area contributed by atoms with Crippen molar-refractivity contribution in [3.8, 4) is 11.3 Å². The standard InChI is InChI=1S/C11H10N4O5/c16-6-5-14-10(9(11(17)18)12-13-14)7-1-3-8(4-2-7)15(19)20/h1-4,16H,5-6H2,(H,17,18). The number of aliphatic hydroxyl groups is 1. The predicted molar refractivity (Wildman–Crippen MR) is 66.2 cm³/mol. The molecular weight excluding hydrogens is 268 g/mol. The first-order valence-corrected chi connectivity index (χ1v) is 5.57. The Morgan fingerprint density at radius 3 is 2.50 bits per heavy atom. The fraction of sp³-hybridized carbons (Fsp3) is 0.182. The normalized spacial score (nSPS) is 10.4. The number of hydrogen-bond donors (Lipinski definition) is 2. The maximum atomic E-state index is 11.1. The first-order chi connectivity index (χ1) is 9.54. The Bertz CT molecular complexity index is 649. The van der Waals surface area contributed by atoms with Gasteiger partial charge in [-0.3, -0.25) is 10.1 Å². The van der Waals surface area contributed by atoms with E-state index >= 15 is 0 Å². The minimum atomic E-state index is -1.26. The van der Waals surface area contributed by atoms with Crippen LogP contribution in [0.5, 0.6) is 0 Å². The van der Waals surface area contributed by atoms with Gasteiger partial charge in [-0.15, -0.1) is 5.10 Å². The summed E-state index contributed by atoms with van der Waals surface area (Å²) in [5.74, 6) is -1.26. The van der Waals surface area contributed by atoms with Crippen molar-refractivity contribution >= 4 is 11.7 Å². The molecule has 0 saturated carbocycles. The van der Waals surface area contributed by atoms with E-state index in [1.165, 1.54) is 28.9 Å². The fourth-order valence-electron chi connectivity index (χ4n) is 1.74. The van der Waals surface area contributed by atoms with Crippen molar-refractivity contribution in [3.63, 3.8) is 0 Å². The minimum Gasteiger partial charge on any atom is -0.476 e. The van der Waals surface area contributed by atoms with E-state index in [4.69, 9.17) is 10.2 Å². The van der Waals surface area contributed by atoms with Gasteiger partial charge in [0.25, 0.3) is 5.69 Å². The van der Waals surface area contributed by atoms with Gasteiger partial charge in [0, 0.05) is 17.7 Å². The molecule has 104 valence electrons. The molecule has 1 aromatic carbocycles. The molecule has 2 N–H and O–H groups in total. The average molecular weight is 278 g/mol. The number of benzene rings is 1. The molecule has 0 aliphatic heterocycles. The minimum absolute atomic E-state index is 0.0760. The number of non-ortho nitro benzene ring substituents is 1. The van der Waals surface area contributed by atoms with Crippen LogP contribution in [0.1, 0.15) is 10.5 Å².